The van der Waals surface area contributed by atoms with Gasteiger partial charge in [0.1, 0.15) is 5.82 Å². The summed E-state index contributed by atoms with van der Waals surface area (Å²) in [6, 6.07) is 4.73. The van der Waals surface area contributed by atoms with E-state index < -0.39 is 0 Å². The van der Waals surface area contributed by atoms with Crippen LogP contribution in [-0.2, 0) is 11.2 Å². The second kappa shape index (κ2) is 6.88. The van der Waals surface area contributed by atoms with Gasteiger partial charge in [-0.2, -0.15) is 0 Å². The second-order valence-electron chi connectivity index (χ2n) is 6.76. The number of carbonyl (C=O) groups is 1. The van der Waals surface area contributed by atoms with Crippen molar-refractivity contribution in [1.29, 1.82) is 0 Å². The number of thiophene rings is 1. The lowest BCUT2D eigenvalue weighted by atomic mass is 10.3. The highest BCUT2D eigenvalue weighted by Gasteiger charge is 2.30. The van der Waals surface area contributed by atoms with E-state index in [-0.39, 0.29) is 5.91 Å². The lowest BCUT2D eigenvalue weighted by molar-refractivity contribution is -0.127. The van der Waals surface area contributed by atoms with Gasteiger partial charge in [-0.05, 0) is 43.0 Å². The Bertz CT molecular complexity index is 704. The Morgan fingerprint density at radius 2 is 2.21 bits per heavy atom. The van der Waals surface area contributed by atoms with E-state index in [1.165, 1.54) is 42.3 Å². The molecule has 7 heteroatoms. The van der Waals surface area contributed by atoms with Gasteiger partial charge in [0.05, 0.1) is 5.75 Å². The molecule has 0 atom stereocenters. The Kier molecular flexibility index (Phi) is 4.63. The Morgan fingerprint density at radius 3 is 2.88 bits per heavy atom. The molecular weight excluding hydrogens is 340 g/mol. The van der Waals surface area contributed by atoms with Crippen molar-refractivity contribution >= 4 is 29.0 Å². The van der Waals surface area contributed by atoms with Gasteiger partial charge < -0.3 is 9.47 Å². The van der Waals surface area contributed by atoms with E-state index in [2.05, 4.69) is 32.3 Å². The first kappa shape index (κ1) is 16.1. The zero-order valence-corrected chi connectivity index (χ0v) is 15.5. The summed E-state index contributed by atoms with van der Waals surface area (Å²) in [6.07, 6.45) is 5.76. The van der Waals surface area contributed by atoms with Crippen LogP contribution in [0.2, 0.25) is 0 Å². The van der Waals surface area contributed by atoms with Crippen molar-refractivity contribution in [2.24, 2.45) is 5.92 Å². The normalized spacial score (nSPS) is 17.2. The summed E-state index contributed by atoms with van der Waals surface area (Å²) in [5.41, 5.74) is 0. The molecule has 0 aromatic carbocycles. The molecule has 2 aromatic heterocycles. The van der Waals surface area contributed by atoms with Crippen molar-refractivity contribution in [2.75, 3.05) is 19.3 Å². The average Bonchev–Trinajstić information content (AvgIpc) is 3.49. The van der Waals surface area contributed by atoms with E-state index in [0.29, 0.717) is 11.8 Å². The van der Waals surface area contributed by atoms with Crippen LogP contribution in [0.4, 0.5) is 0 Å². The molecule has 0 spiro atoms. The maximum atomic E-state index is 12.3. The molecule has 24 heavy (non-hydrogen) atoms. The van der Waals surface area contributed by atoms with Crippen LogP contribution in [0.3, 0.4) is 0 Å². The number of carbonyl (C=O) groups excluding carboxylic acids is 1. The monoisotopic (exact) mass is 362 g/mol. The molecule has 0 N–H and O–H groups in total. The minimum Gasteiger partial charge on any atom is -0.345 e. The van der Waals surface area contributed by atoms with Crippen LogP contribution in [0.25, 0.3) is 0 Å². The first-order valence-electron chi connectivity index (χ1n) is 8.53. The minimum atomic E-state index is 0.192. The summed E-state index contributed by atoms with van der Waals surface area (Å²) in [7, 11) is 1.91. The first-order chi connectivity index (χ1) is 11.7. The summed E-state index contributed by atoms with van der Waals surface area (Å²) in [5.74, 6) is 2.40. The molecule has 2 aromatic rings. The quantitative estimate of drug-likeness (QED) is 0.677. The van der Waals surface area contributed by atoms with Gasteiger partial charge in [-0.15, -0.1) is 21.5 Å². The van der Waals surface area contributed by atoms with Crippen LogP contribution < -0.4 is 0 Å². The molecule has 4 rings (SSSR count). The van der Waals surface area contributed by atoms with Crippen molar-refractivity contribution in [3.63, 3.8) is 0 Å². The highest BCUT2D eigenvalue weighted by Crippen LogP contribution is 2.39. The fourth-order valence-corrected chi connectivity index (χ4v) is 4.49. The minimum absolute atomic E-state index is 0.192. The zero-order valence-electron chi connectivity index (χ0n) is 13.9. The van der Waals surface area contributed by atoms with Crippen molar-refractivity contribution in [3.8, 4) is 0 Å². The molecule has 1 amide bonds. The molecule has 2 fully saturated rings. The number of hydrogen-bond acceptors (Lipinski definition) is 5. The molecule has 0 saturated heterocycles. The topological polar surface area (TPSA) is 51.0 Å². The molecule has 2 saturated carbocycles. The third kappa shape index (κ3) is 3.83. The summed E-state index contributed by atoms with van der Waals surface area (Å²) >= 11 is 3.29. The largest absolute Gasteiger partial charge is 0.345 e. The number of nitrogens with zero attached hydrogens (tertiary/aromatic N) is 4. The van der Waals surface area contributed by atoms with Gasteiger partial charge in [-0.3, -0.25) is 4.79 Å². The maximum Gasteiger partial charge on any atom is 0.232 e. The predicted octanol–water partition coefficient (Wildman–Crippen LogP) is 3.23. The van der Waals surface area contributed by atoms with Gasteiger partial charge in [-0.1, -0.05) is 17.8 Å². The molecule has 0 unspecified atom stereocenters. The third-order valence-electron chi connectivity index (χ3n) is 4.54. The average molecular weight is 363 g/mol. The summed E-state index contributed by atoms with van der Waals surface area (Å²) in [5, 5.41) is 11.8. The number of amides is 1. The number of aromatic nitrogens is 3. The van der Waals surface area contributed by atoms with E-state index in [1.54, 1.807) is 11.3 Å². The summed E-state index contributed by atoms with van der Waals surface area (Å²) in [6.45, 7) is 0.901. The van der Waals surface area contributed by atoms with Crippen LogP contribution in [0.5, 0.6) is 0 Å². The molecule has 0 bridgehead atoms. The smallest absolute Gasteiger partial charge is 0.232 e. The van der Waals surface area contributed by atoms with E-state index in [9.17, 15) is 4.79 Å². The van der Waals surface area contributed by atoms with Crippen LogP contribution >= 0.6 is 23.1 Å². The van der Waals surface area contributed by atoms with Crippen molar-refractivity contribution in [1.82, 2.24) is 19.7 Å². The summed E-state index contributed by atoms with van der Waals surface area (Å²) in [4.78, 5) is 15.5. The maximum absolute atomic E-state index is 12.3. The Morgan fingerprint density at radius 1 is 1.38 bits per heavy atom. The van der Waals surface area contributed by atoms with Crippen LogP contribution in [0.15, 0.2) is 22.7 Å². The third-order valence-corrected chi connectivity index (χ3v) is 6.34. The fourth-order valence-electron chi connectivity index (χ4n) is 2.82. The van der Waals surface area contributed by atoms with Crippen LogP contribution in [-0.4, -0.2) is 44.9 Å². The molecule has 2 aliphatic carbocycles. The van der Waals surface area contributed by atoms with Crippen LogP contribution in [0.1, 0.15) is 42.4 Å². The lowest BCUT2D eigenvalue weighted by Crippen LogP contribution is -2.30. The van der Waals surface area contributed by atoms with Crippen molar-refractivity contribution in [3.05, 3.63) is 28.2 Å². The van der Waals surface area contributed by atoms with Crippen molar-refractivity contribution < 1.29 is 4.79 Å². The summed E-state index contributed by atoms with van der Waals surface area (Å²) < 4.78 is 2.26. The molecule has 2 heterocycles. The van der Waals surface area contributed by atoms with Gasteiger partial charge in [0.15, 0.2) is 5.16 Å². The second-order valence-corrected chi connectivity index (χ2v) is 8.74. The van der Waals surface area contributed by atoms with Crippen molar-refractivity contribution in [2.45, 2.75) is 43.3 Å². The van der Waals surface area contributed by atoms with E-state index in [1.807, 2.05) is 11.9 Å². The SMILES string of the molecule is CN(CC1CC1)C(=O)CSc1nnc(Cc2cccs2)n1C1CC1. The van der Waals surface area contributed by atoms with E-state index in [4.69, 9.17) is 0 Å². The molecule has 0 radical (unpaired) electrons. The van der Waals surface area contributed by atoms with Gasteiger partial charge in [0.2, 0.25) is 5.91 Å². The Hall–Kier alpha value is -1.34. The first-order valence-corrected chi connectivity index (χ1v) is 10.4. The predicted molar refractivity (Wildman–Crippen MR) is 96.5 cm³/mol. The lowest BCUT2D eigenvalue weighted by Gasteiger charge is -2.16. The van der Waals surface area contributed by atoms with Crippen LogP contribution in [0, 0.1) is 5.92 Å². The molecule has 128 valence electrons. The zero-order chi connectivity index (χ0) is 16.5. The van der Waals surface area contributed by atoms with Gasteiger partial charge in [0.25, 0.3) is 0 Å². The number of thioether (sulfide) groups is 1. The molecular formula is C17H22N4OS2. The standard InChI is InChI=1S/C17H22N4OS2/c1-20(10-12-4-5-12)16(22)11-24-17-19-18-15(21(17)13-6-7-13)9-14-3-2-8-23-14/h2-3,8,12-13H,4-7,9-11H2,1H3. The molecule has 5 nitrogen and oxygen atoms in total. The Balaban J connectivity index is 1.41. The van der Waals surface area contributed by atoms with E-state index >= 15 is 0 Å². The Labute approximate surface area is 150 Å². The van der Waals surface area contributed by atoms with Gasteiger partial charge in [-0.25, -0.2) is 0 Å². The van der Waals surface area contributed by atoms with Gasteiger partial charge >= 0.3 is 0 Å². The van der Waals surface area contributed by atoms with Gasteiger partial charge in [0, 0.05) is 30.9 Å². The highest BCUT2D eigenvalue weighted by molar-refractivity contribution is 7.99. The van der Waals surface area contributed by atoms with E-state index in [0.717, 1.165) is 29.9 Å². The highest BCUT2D eigenvalue weighted by atomic mass is 32.2. The number of hydrogen-bond donors (Lipinski definition) is 0. The fraction of sp³-hybridized carbons (Fsp3) is 0.588. The molecule has 2 aliphatic rings. The molecule has 0 aliphatic heterocycles. The number of rotatable bonds is 8.